The van der Waals surface area contributed by atoms with E-state index in [0.29, 0.717) is 27.7 Å². The molecule has 2 amide bonds. The highest BCUT2D eigenvalue weighted by atomic mass is 35.5. The topological polar surface area (TPSA) is 52.7 Å². The first-order valence-corrected chi connectivity index (χ1v) is 12.9. The van der Waals surface area contributed by atoms with Crippen LogP contribution in [0.15, 0.2) is 90.3 Å². The second-order valence-electron chi connectivity index (χ2n) is 8.67. The molecule has 1 atom stereocenters. The Hall–Kier alpha value is -3.61. The highest BCUT2D eigenvalue weighted by Gasteiger charge is 2.25. The second kappa shape index (κ2) is 11.4. The summed E-state index contributed by atoms with van der Waals surface area (Å²) < 4.78 is 0. The summed E-state index contributed by atoms with van der Waals surface area (Å²) in [5, 5.41) is 5.26. The number of carbonyl (C=O) groups is 2. The molecule has 184 valence electrons. The van der Waals surface area contributed by atoms with Gasteiger partial charge in [-0.1, -0.05) is 60.1 Å². The molecule has 0 aliphatic heterocycles. The van der Waals surface area contributed by atoms with E-state index in [1.54, 1.807) is 24.3 Å². The molecule has 0 spiro atoms. The summed E-state index contributed by atoms with van der Waals surface area (Å²) in [6.45, 7) is 2.41. The fraction of sp³-hybridized carbons (Fsp3) is 0.172. The molecule has 0 radical (unpaired) electrons. The number of rotatable bonds is 8. The maximum absolute atomic E-state index is 13.6. The van der Waals surface area contributed by atoms with Crippen molar-refractivity contribution < 1.29 is 9.59 Å². The molecule has 36 heavy (non-hydrogen) atoms. The van der Waals surface area contributed by atoms with Gasteiger partial charge in [0, 0.05) is 32.0 Å². The number of anilines is 2. The van der Waals surface area contributed by atoms with Crippen molar-refractivity contribution in [3.8, 4) is 0 Å². The number of hydrogen-bond acceptors (Lipinski definition) is 4. The lowest BCUT2D eigenvalue weighted by Gasteiger charge is -2.31. The van der Waals surface area contributed by atoms with Gasteiger partial charge in [0.15, 0.2) is 0 Å². The molecule has 0 fully saturated rings. The minimum Gasteiger partial charge on any atom is -0.377 e. The van der Waals surface area contributed by atoms with E-state index in [2.05, 4.69) is 5.32 Å². The van der Waals surface area contributed by atoms with Crippen LogP contribution in [0.3, 0.4) is 0 Å². The number of halogens is 1. The summed E-state index contributed by atoms with van der Waals surface area (Å²) in [6, 6.07) is 26.3. The van der Waals surface area contributed by atoms with Gasteiger partial charge in [-0.3, -0.25) is 9.59 Å². The predicted molar refractivity (Wildman–Crippen MR) is 149 cm³/mol. The molecule has 1 aromatic heterocycles. The third kappa shape index (κ3) is 5.78. The van der Waals surface area contributed by atoms with Crippen molar-refractivity contribution in [1.82, 2.24) is 4.90 Å². The van der Waals surface area contributed by atoms with E-state index in [9.17, 15) is 9.59 Å². The number of nitrogens with one attached hydrogen (secondary N) is 1. The highest BCUT2D eigenvalue weighted by Crippen LogP contribution is 2.31. The summed E-state index contributed by atoms with van der Waals surface area (Å²) in [5.41, 5.74) is 3.98. The Bertz CT molecular complexity index is 1340. The van der Waals surface area contributed by atoms with Crippen LogP contribution in [0.4, 0.5) is 11.4 Å². The van der Waals surface area contributed by atoms with Gasteiger partial charge in [0.1, 0.15) is 0 Å². The number of benzene rings is 3. The standard InChI is InChI=1S/C29H28ClN3O2S/c1-20(21-10-5-4-6-11-21)33(29(35)27-14-9-17-36-27)19-22-18-23(15-16-26(22)32(2)3)31-28(34)24-12-7-8-13-25(24)30/h4-18,20H,19H2,1-3H3,(H,31,34)/t20-/m0/s1. The molecule has 0 saturated carbocycles. The number of amides is 2. The molecule has 0 unspecified atom stereocenters. The molecule has 0 aliphatic carbocycles. The van der Waals surface area contributed by atoms with Gasteiger partial charge in [0.2, 0.25) is 0 Å². The van der Waals surface area contributed by atoms with Crippen molar-refractivity contribution in [3.05, 3.63) is 117 Å². The highest BCUT2D eigenvalue weighted by molar-refractivity contribution is 7.12. The van der Waals surface area contributed by atoms with E-state index in [1.165, 1.54) is 11.3 Å². The third-order valence-electron chi connectivity index (χ3n) is 6.02. The molecule has 0 bridgehead atoms. The molecule has 0 aliphatic rings. The average molecular weight is 518 g/mol. The van der Waals surface area contributed by atoms with Crippen LogP contribution >= 0.6 is 22.9 Å². The Labute approximate surface area is 220 Å². The first-order chi connectivity index (χ1) is 17.3. The number of thiophene rings is 1. The molecule has 1 heterocycles. The quantitative estimate of drug-likeness (QED) is 0.270. The zero-order valence-corrected chi connectivity index (χ0v) is 22.0. The number of nitrogens with zero attached hydrogens (tertiary/aromatic N) is 2. The van der Waals surface area contributed by atoms with E-state index < -0.39 is 0 Å². The SMILES string of the molecule is C[C@@H](c1ccccc1)N(Cc1cc(NC(=O)c2ccccc2Cl)ccc1N(C)C)C(=O)c1cccs1. The summed E-state index contributed by atoms with van der Waals surface area (Å²) in [4.78, 5) is 31.1. The lowest BCUT2D eigenvalue weighted by atomic mass is 10.0. The molecule has 1 N–H and O–H groups in total. The van der Waals surface area contributed by atoms with Crippen molar-refractivity contribution in [2.75, 3.05) is 24.3 Å². The second-order valence-corrected chi connectivity index (χ2v) is 10.0. The van der Waals surface area contributed by atoms with Gasteiger partial charge in [0.05, 0.1) is 21.5 Å². The Morgan fingerprint density at radius 3 is 2.33 bits per heavy atom. The Morgan fingerprint density at radius 2 is 1.67 bits per heavy atom. The monoisotopic (exact) mass is 517 g/mol. The van der Waals surface area contributed by atoms with E-state index >= 15 is 0 Å². The summed E-state index contributed by atoms with van der Waals surface area (Å²) >= 11 is 7.65. The van der Waals surface area contributed by atoms with E-state index in [1.807, 2.05) is 96.9 Å². The number of carbonyl (C=O) groups excluding carboxylic acids is 2. The van der Waals surface area contributed by atoms with Crippen molar-refractivity contribution in [1.29, 1.82) is 0 Å². The van der Waals surface area contributed by atoms with Crippen molar-refractivity contribution >= 4 is 46.1 Å². The van der Waals surface area contributed by atoms with Gasteiger partial charge >= 0.3 is 0 Å². The van der Waals surface area contributed by atoms with Gasteiger partial charge in [0.25, 0.3) is 11.8 Å². The molecule has 7 heteroatoms. The lowest BCUT2D eigenvalue weighted by molar-refractivity contribution is 0.0679. The Morgan fingerprint density at radius 1 is 0.944 bits per heavy atom. The summed E-state index contributed by atoms with van der Waals surface area (Å²) in [7, 11) is 3.93. The third-order valence-corrected chi connectivity index (χ3v) is 7.21. The van der Waals surface area contributed by atoms with Crippen LogP contribution in [-0.2, 0) is 6.54 Å². The zero-order valence-electron chi connectivity index (χ0n) is 20.4. The van der Waals surface area contributed by atoms with Crippen LogP contribution < -0.4 is 10.2 Å². The molecular formula is C29H28ClN3O2S. The largest absolute Gasteiger partial charge is 0.377 e. The van der Waals surface area contributed by atoms with Crippen LogP contribution in [-0.4, -0.2) is 30.8 Å². The Balaban J connectivity index is 1.69. The first kappa shape index (κ1) is 25.5. The van der Waals surface area contributed by atoms with Crippen LogP contribution in [0, 0.1) is 0 Å². The predicted octanol–water partition coefficient (Wildman–Crippen LogP) is 7.12. The fourth-order valence-electron chi connectivity index (χ4n) is 4.09. The molecule has 4 aromatic rings. The first-order valence-electron chi connectivity index (χ1n) is 11.6. The van der Waals surface area contributed by atoms with Crippen LogP contribution in [0.5, 0.6) is 0 Å². The smallest absolute Gasteiger partial charge is 0.264 e. The van der Waals surface area contributed by atoms with Gasteiger partial charge in [-0.2, -0.15) is 0 Å². The van der Waals surface area contributed by atoms with Gasteiger partial charge < -0.3 is 15.1 Å². The summed E-state index contributed by atoms with van der Waals surface area (Å²) in [5.74, 6) is -0.315. The fourth-order valence-corrected chi connectivity index (χ4v) is 4.99. The van der Waals surface area contributed by atoms with E-state index in [-0.39, 0.29) is 17.9 Å². The minimum absolute atomic E-state index is 0.0310. The van der Waals surface area contributed by atoms with Crippen LogP contribution in [0.25, 0.3) is 0 Å². The molecule has 4 rings (SSSR count). The van der Waals surface area contributed by atoms with Crippen molar-refractivity contribution in [2.45, 2.75) is 19.5 Å². The lowest BCUT2D eigenvalue weighted by Crippen LogP contribution is -2.33. The van der Waals surface area contributed by atoms with Crippen LogP contribution in [0.2, 0.25) is 5.02 Å². The summed E-state index contributed by atoms with van der Waals surface area (Å²) in [6.07, 6.45) is 0. The molecule has 0 saturated heterocycles. The van der Waals surface area contributed by atoms with Crippen LogP contribution in [0.1, 0.15) is 44.1 Å². The van der Waals surface area contributed by atoms with Gasteiger partial charge in [-0.25, -0.2) is 0 Å². The van der Waals surface area contributed by atoms with Gasteiger partial charge in [-0.05, 0) is 59.8 Å². The maximum atomic E-state index is 13.6. The van der Waals surface area contributed by atoms with Crippen molar-refractivity contribution in [2.24, 2.45) is 0 Å². The Kier molecular flexibility index (Phi) is 8.08. The maximum Gasteiger partial charge on any atom is 0.264 e. The minimum atomic E-state index is -0.284. The van der Waals surface area contributed by atoms with Crippen molar-refractivity contribution in [3.63, 3.8) is 0 Å². The average Bonchev–Trinajstić information content (AvgIpc) is 3.42. The van der Waals surface area contributed by atoms with E-state index in [4.69, 9.17) is 11.6 Å². The zero-order chi connectivity index (χ0) is 25.7. The molecule has 3 aromatic carbocycles. The number of hydrogen-bond donors (Lipinski definition) is 1. The van der Waals surface area contributed by atoms with Gasteiger partial charge in [-0.15, -0.1) is 11.3 Å². The molecular weight excluding hydrogens is 490 g/mol. The van der Waals surface area contributed by atoms with E-state index in [0.717, 1.165) is 16.8 Å². The normalized spacial score (nSPS) is 11.6. The molecule has 5 nitrogen and oxygen atoms in total.